The lowest BCUT2D eigenvalue weighted by molar-refractivity contribution is -0.165. The van der Waals surface area contributed by atoms with Crippen molar-refractivity contribution in [2.45, 2.75) is 30.4 Å². The number of esters is 1. The van der Waals surface area contributed by atoms with E-state index in [-0.39, 0.29) is 10.6 Å². The van der Waals surface area contributed by atoms with Crippen LogP contribution >= 0.6 is 0 Å². The van der Waals surface area contributed by atoms with Crippen molar-refractivity contribution in [3.63, 3.8) is 0 Å². The summed E-state index contributed by atoms with van der Waals surface area (Å²) in [4.78, 5) is 36.7. The number of carbonyl (C=O) groups excluding carboxylic acids is 3. The predicted octanol–water partition coefficient (Wildman–Crippen LogP) is 2.24. The number of hydrogen-bond acceptors (Lipinski definition) is 8. The zero-order chi connectivity index (χ0) is 23.0. The van der Waals surface area contributed by atoms with E-state index in [1.165, 1.54) is 38.3 Å². The highest BCUT2D eigenvalue weighted by molar-refractivity contribution is 7.87. The van der Waals surface area contributed by atoms with Gasteiger partial charge in [0.15, 0.2) is 18.0 Å². The van der Waals surface area contributed by atoms with Crippen LogP contribution in [-0.2, 0) is 38.2 Å². The van der Waals surface area contributed by atoms with Gasteiger partial charge in [0, 0.05) is 7.11 Å². The van der Waals surface area contributed by atoms with Crippen molar-refractivity contribution >= 4 is 33.5 Å². The van der Waals surface area contributed by atoms with Gasteiger partial charge in [0.1, 0.15) is 4.90 Å². The number of anilines is 1. The maximum absolute atomic E-state index is 12.5. The fourth-order valence-corrected chi connectivity index (χ4v) is 3.53. The molecule has 0 saturated carbocycles. The van der Waals surface area contributed by atoms with Gasteiger partial charge in [-0.1, -0.05) is 42.5 Å². The van der Waals surface area contributed by atoms with E-state index in [9.17, 15) is 22.8 Å². The number of Topliss-reactive ketones (excluding diaryl/α,β-unsaturated/α-hetero) is 1. The minimum absolute atomic E-state index is 0.0259. The molecule has 2 unspecified atom stereocenters. The van der Waals surface area contributed by atoms with Gasteiger partial charge in [-0.3, -0.25) is 13.8 Å². The molecule has 0 aliphatic carbocycles. The van der Waals surface area contributed by atoms with E-state index < -0.39 is 46.4 Å². The summed E-state index contributed by atoms with van der Waals surface area (Å²) in [5.41, 5.74) is 0.502. The van der Waals surface area contributed by atoms with Crippen molar-refractivity contribution in [3.8, 4) is 0 Å². The van der Waals surface area contributed by atoms with E-state index in [1.54, 1.807) is 30.3 Å². The summed E-state index contributed by atoms with van der Waals surface area (Å²) >= 11 is 0. The average molecular weight is 449 g/mol. The Hall–Kier alpha value is -3.08. The molecule has 166 valence electrons. The fourth-order valence-electron chi connectivity index (χ4n) is 2.71. The minimum atomic E-state index is -4.07. The quantitative estimate of drug-likeness (QED) is 0.432. The maximum atomic E-state index is 12.5. The molecule has 0 aliphatic heterocycles. The third-order valence-electron chi connectivity index (χ3n) is 4.28. The molecule has 2 aromatic carbocycles. The summed E-state index contributed by atoms with van der Waals surface area (Å²) in [7, 11) is -1.75. The van der Waals surface area contributed by atoms with E-state index in [0.29, 0.717) is 5.56 Å². The van der Waals surface area contributed by atoms with Crippen molar-refractivity contribution < 1.29 is 36.5 Å². The lowest BCUT2D eigenvalue weighted by Gasteiger charge is -2.20. The SMILES string of the molecule is COC(C(=O)OC(CC(=O)Nc1ccccc1S(=O)(=O)OC)C(C)=O)c1ccccc1. The normalized spacial score (nSPS) is 13.1. The van der Waals surface area contributed by atoms with Crippen LogP contribution < -0.4 is 5.32 Å². The number of ketones is 1. The number of nitrogens with one attached hydrogen (secondary N) is 1. The highest BCUT2D eigenvalue weighted by Crippen LogP contribution is 2.23. The third-order valence-corrected chi connectivity index (χ3v) is 5.62. The molecule has 0 fully saturated rings. The van der Waals surface area contributed by atoms with E-state index in [2.05, 4.69) is 9.50 Å². The molecule has 2 atom stereocenters. The van der Waals surface area contributed by atoms with Gasteiger partial charge in [0.05, 0.1) is 19.2 Å². The first kappa shape index (κ1) is 24.2. The summed E-state index contributed by atoms with van der Waals surface area (Å²) in [5.74, 6) is -2.10. The smallest absolute Gasteiger partial charge is 0.340 e. The second kappa shape index (κ2) is 10.8. The van der Waals surface area contributed by atoms with Gasteiger partial charge in [0.2, 0.25) is 5.91 Å². The van der Waals surface area contributed by atoms with Crippen LogP contribution in [0.3, 0.4) is 0 Å². The second-order valence-electron chi connectivity index (χ2n) is 6.43. The molecule has 0 heterocycles. The minimum Gasteiger partial charge on any atom is -0.452 e. The topological polar surface area (TPSA) is 125 Å². The van der Waals surface area contributed by atoms with Crippen molar-refractivity contribution in [1.29, 1.82) is 0 Å². The largest absolute Gasteiger partial charge is 0.452 e. The lowest BCUT2D eigenvalue weighted by atomic mass is 10.1. The molecule has 1 N–H and O–H groups in total. The number of para-hydroxylation sites is 1. The summed E-state index contributed by atoms with van der Waals surface area (Å²) in [5, 5.41) is 2.41. The molecule has 31 heavy (non-hydrogen) atoms. The van der Waals surface area contributed by atoms with Crippen LogP contribution in [0.1, 0.15) is 25.0 Å². The van der Waals surface area contributed by atoms with Crippen molar-refractivity contribution in [3.05, 3.63) is 60.2 Å². The Morgan fingerprint density at radius 1 is 0.968 bits per heavy atom. The van der Waals surface area contributed by atoms with Crippen molar-refractivity contribution in [2.75, 3.05) is 19.5 Å². The first-order valence-electron chi connectivity index (χ1n) is 9.17. The molecule has 2 aromatic rings. The Morgan fingerprint density at radius 2 is 1.58 bits per heavy atom. The van der Waals surface area contributed by atoms with E-state index in [0.717, 1.165) is 7.11 Å². The third kappa shape index (κ3) is 6.45. The summed E-state index contributed by atoms with van der Waals surface area (Å²) in [6.07, 6.45) is -2.95. The molecular formula is C21H23NO8S. The van der Waals surface area contributed by atoms with Crippen molar-refractivity contribution in [2.24, 2.45) is 0 Å². The molecule has 0 saturated heterocycles. The highest BCUT2D eigenvalue weighted by atomic mass is 32.2. The Labute approximate surface area is 180 Å². The molecule has 2 rings (SSSR count). The molecule has 0 aromatic heterocycles. The van der Waals surface area contributed by atoms with Crippen LogP contribution in [-0.4, -0.2) is 46.4 Å². The van der Waals surface area contributed by atoms with E-state index >= 15 is 0 Å². The Kier molecular flexibility index (Phi) is 8.43. The van der Waals surface area contributed by atoms with Gasteiger partial charge < -0.3 is 14.8 Å². The molecule has 0 radical (unpaired) electrons. The van der Waals surface area contributed by atoms with Gasteiger partial charge in [-0.05, 0) is 24.6 Å². The van der Waals surface area contributed by atoms with Crippen LogP contribution in [0.5, 0.6) is 0 Å². The number of methoxy groups -OCH3 is 1. The fraction of sp³-hybridized carbons (Fsp3) is 0.286. The van der Waals surface area contributed by atoms with Gasteiger partial charge in [0.25, 0.3) is 10.1 Å². The Balaban J connectivity index is 2.13. The monoisotopic (exact) mass is 449 g/mol. The van der Waals surface area contributed by atoms with Crippen LogP contribution in [0, 0.1) is 0 Å². The molecule has 0 aliphatic rings. The molecule has 0 bridgehead atoms. The van der Waals surface area contributed by atoms with Crippen LogP contribution in [0.15, 0.2) is 59.5 Å². The first-order valence-corrected chi connectivity index (χ1v) is 10.6. The van der Waals surface area contributed by atoms with Crippen LogP contribution in [0.25, 0.3) is 0 Å². The Morgan fingerprint density at radius 3 is 2.16 bits per heavy atom. The average Bonchev–Trinajstić information content (AvgIpc) is 2.74. The summed E-state index contributed by atoms with van der Waals surface area (Å²) < 4.78 is 38.9. The molecule has 9 nitrogen and oxygen atoms in total. The summed E-state index contributed by atoms with van der Waals surface area (Å²) in [6, 6.07) is 14.2. The second-order valence-corrected chi connectivity index (χ2v) is 8.11. The van der Waals surface area contributed by atoms with Crippen LogP contribution in [0.2, 0.25) is 0 Å². The Bertz CT molecular complexity index is 1040. The molecule has 10 heteroatoms. The standard InChI is InChI=1S/C21H23NO8S/c1-14(23)17(30-21(25)20(28-2)15-9-5-4-6-10-15)13-19(24)22-16-11-7-8-12-18(16)31(26,27)29-3/h4-12,17,20H,13H2,1-3H3,(H,22,24). The molecule has 1 amide bonds. The number of ether oxygens (including phenoxy) is 2. The summed E-state index contributed by atoms with van der Waals surface area (Å²) in [6.45, 7) is 1.18. The first-order chi connectivity index (χ1) is 14.7. The predicted molar refractivity (Wildman–Crippen MR) is 111 cm³/mol. The number of benzene rings is 2. The number of carbonyl (C=O) groups is 3. The number of amides is 1. The zero-order valence-corrected chi connectivity index (χ0v) is 18.0. The van der Waals surface area contributed by atoms with Gasteiger partial charge in [-0.25, -0.2) is 4.79 Å². The highest BCUT2D eigenvalue weighted by Gasteiger charge is 2.29. The van der Waals surface area contributed by atoms with E-state index in [1.807, 2.05) is 0 Å². The number of hydrogen-bond donors (Lipinski definition) is 1. The van der Waals surface area contributed by atoms with E-state index in [4.69, 9.17) is 9.47 Å². The molecule has 0 spiro atoms. The molecular weight excluding hydrogens is 426 g/mol. The lowest BCUT2D eigenvalue weighted by Crippen LogP contribution is -2.32. The maximum Gasteiger partial charge on any atom is 0.340 e. The van der Waals surface area contributed by atoms with Gasteiger partial charge in [-0.15, -0.1) is 0 Å². The van der Waals surface area contributed by atoms with Crippen LogP contribution in [0.4, 0.5) is 5.69 Å². The number of rotatable bonds is 10. The zero-order valence-electron chi connectivity index (χ0n) is 17.2. The van der Waals surface area contributed by atoms with Gasteiger partial charge >= 0.3 is 5.97 Å². The van der Waals surface area contributed by atoms with Crippen molar-refractivity contribution in [1.82, 2.24) is 0 Å². The van der Waals surface area contributed by atoms with Gasteiger partial charge in [-0.2, -0.15) is 8.42 Å².